The Morgan fingerprint density at radius 1 is 0.824 bits per heavy atom. The molecule has 4 aromatic rings. The molecule has 7 heteroatoms. The standard InChI is InChI=1S/C27H24N4O3/c32-25(28-23-9-5-2-6-10-23)20-13-11-19(12-14-20)24-29-26(34-30-24)21-15-17-31(18-16-21)27(33)22-7-3-1-4-8-22/h1-14,21H,15-18H2,(H,28,32). The van der Waals surface area contributed by atoms with Gasteiger partial charge >= 0.3 is 0 Å². The summed E-state index contributed by atoms with van der Waals surface area (Å²) in [5.41, 5.74) is 2.78. The Morgan fingerprint density at radius 3 is 2.15 bits per heavy atom. The average molecular weight is 453 g/mol. The monoisotopic (exact) mass is 452 g/mol. The predicted octanol–water partition coefficient (Wildman–Crippen LogP) is 5.01. The maximum atomic E-state index is 12.7. The molecule has 1 N–H and O–H groups in total. The molecule has 0 spiro atoms. The van der Waals surface area contributed by atoms with E-state index in [-0.39, 0.29) is 17.7 Å². The molecule has 0 saturated carbocycles. The van der Waals surface area contributed by atoms with E-state index >= 15 is 0 Å². The fraction of sp³-hybridized carbons (Fsp3) is 0.185. The summed E-state index contributed by atoms with van der Waals surface area (Å²) < 4.78 is 5.55. The summed E-state index contributed by atoms with van der Waals surface area (Å²) in [6, 6.07) is 25.8. The third-order valence-corrected chi connectivity index (χ3v) is 6.03. The number of hydrogen-bond acceptors (Lipinski definition) is 5. The topological polar surface area (TPSA) is 88.3 Å². The second kappa shape index (κ2) is 9.70. The van der Waals surface area contributed by atoms with Gasteiger partial charge in [0.1, 0.15) is 0 Å². The van der Waals surface area contributed by atoms with Gasteiger partial charge in [0.2, 0.25) is 11.7 Å². The van der Waals surface area contributed by atoms with Crippen LogP contribution in [0.4, 0.5) is 5.69 Å². The Balaban J connectivity index is 1.20. The van der Waals surface area contributed by atoms with E-state index in [0.29, 0.717) is 35.9 Å². The summed E-state index contributed by atoms with van der Waals surface area (Å²) in [7, 11) is 0. The van der Waals surface area contributed by atoms with Gasteiger partial charge in [-0.3, -0.25) is 9.59 Å². The second-order valence-corrected chi connectivity index (χ2v) is 8.29. The van der Waals surface area contributed by atoms with E-state index in [0.717, 1.165) is 24.1 Å². The molecule has 3 aromatic carbocycles. The fourth-order valence-electron chi connectivity index (χ4n) is 4.11. The highest BCUT2D eigenvalue weighted by molar-refractivity contribution is 6.04. The third kappa shape index (κ3) is 4.73. The summed E-state index contributed by atoms with van der Waals surface area (Å²) >= 11 is 0. The van der Waals surface area contributed by atoms with E-state index in [1.165, 1.54) is 0 Å². The van der Waals surface area contributed by atoms with E-state index in [4.69, 9.17) is 4.52 Å². The molecule has 1 fully saturated rings. The van der Waals surface area contributed by atoms with Gasteiger partial charge < -0.3 is 14.7 Å². The van der Waals surface area contributed by atoms with Gasteiger partial charge in [-0.1, -0.05) is 53.7 Å². The molecule has 2 amide bonds. The number of piperidine rings is 1. The van der Waals surface area contributed by atoms with Crippen LogP contribution in [0.1, 0.15) is 45.4 Å². The van der Waals surface area contributed by atoms with Gasteiger partial charge in [-0.25, -0.2) is 0 Å². The number of carbonyl (C=O) groups excluding carboxylic acids is 2. The average Bonchev–Trinajstić information content (AvgIpc) is 3.40. The van der Waals surface area contributed by atoms with Gasteiger partial charge in [0.05, 0.1) is 0 Å². The number of rotatable bonds is 5. The van der Waals surface area contributed by atoms with Gasteiger partial charge in [-0.05, 0) is 49.2 Å². The lowest BCUT2D eigenvalue weighted by molar-refractivity contribution is 0.0704. The number of hydrogen-bond donors (Lipinski definition) is 1. The molecule has 34 heavy (non-hydrogen) atoms. The normalized spacial score (nSPS) is 14.1. The fourth-order valence-corrected chi connectivity index (χ4v) is 4.11. The highest BCUT2D eigenvalue weighted by Crippen LogP contribution is 2.29. The Kier molecular flexibility index (Phi) is 6.16. The zero-order valence-electron chi connectivity index (χ0n) is 18.6. The van der Waals surface area contributed by atoms with Crippen molar-refractivity contribution in [2.24, 2.45) is 0 Å². The van der Waals surface area contributed by atoms with Crippen molar-refractivity contribution >= 4 is 17.5 Å². The Morgan fingerprint density at radius 2 is 1.47 bits per heavy atom. The van der Waals surface area contributed by atoms with Crippen molar-refractivity contribution in [3.8, 4) is 11.4 Å². The minimum absolute atomic E-state index is 0.0571. The van der Waals surface area contributed by atoms with Crippen molar-refractivity contribution in [1.29, 1.82) is 0 Å². The zero-order valence-corrected chi connectivity index (χ0v) is 18.6. The van der Waals surface area contributed by atoms with Crippen LogP contribution < -0.4 is 5.32 Å². The lowest BCUT2D eigenvalue weighted by Gasteiger charge is -2.30. The number of amides is 2. The molecule has 1 aromatic heterocycles. The van der Waals surface area contributed by atoms with Crippen LogP contribution in [0.2, 0.25) is 0 Å². The van der Waals surface area contributed by atoms with Gasteiger partial charge in [0, 0.05) is 41.4 Å². The van der Waals surface area contributed by atoms with Crippen molar-refractivity contribution in [1.82, 2.24) is 15.0 Å². The minimum Gasteiger partial charge on any atom is -0.339 e. The molecule has 0 bridgehead atoms. The molecule has 170 valence electrons. The largest absolute Gasteiger partial charge is 0.339 e. The summed E-state index contributed by atoms with van der Waals surface area (Å²) in [6.45, 7) is 1.31. The maximum Gasteiger partial charge on any atom is 0.255 e. The number of aromatic nitrogens is 2. The summed E-state index contributed by atoms with van der Waals surface area (Å²) in [4.78, 5) is 31.6. The highest BCUT2D eigenvalue weighted by atomic mass is 16.5. The third-order valence-electron chi connectivity index (χ3n) is 6.03. The van der Waals surface area contributed by atoms with E-state index in [1.54, 1.807) is 12.1 Å². The molecule has 7 nitrogen and oxygen atoms in total. The predicted molar refractivity (Wildman–Crippen MR) is 128 cm³/mol. The van der Waals surface area contributed by atoms with Crippen LogP contribution >= 0.6 is 0 Å². The highest BCUT2D eigenvalue weighted by Gasteiger charge is 2.28. The molecule has 5 rings (SSSR count). The lowest BCUT2D eigenvalue weighted by Crippen LogP contribution is -2.37. The first-order valence-corrected chi connectivity index (χ1v) is 11.3. The molecular formula is C27H24N4O3. The first-order valence-electron chi connectivity index (χ1n) is 11.3. The number of carbonyl (C=O) groups is 2. The molecular weight excluding hydrogens is 428 g/mol. The van der Waals surface area contributed by atoms with E-state index < -0.39 is 0 Å². The van der Waals surface area contributed by atoms with Crippen LogP contribution in [0.5, 0.6) is 0 Å². The molecule has 1 saturated heterocycles. The molecule has 1 aliphatic heterocycles. The smallest absolute Gasteiger partial charge is 0.255 e. The molecule has 0 aliphatic carbocycles. The van der Waals surface area contributed by atoms with Gasteiger partial charge in [-0.15, -0.1) is 0 Å². The van der Waals surface area contributed by atoms with Crippen LogP contribution in [-0.4, -0.2) is 39.9 Å². The van der Waals surface area contributed by atoms with E-state index in [2.05, 4.69) is 15.5 Å². The molecule has 0 radical (unpaired) electrons. The Hall–Kier alpha value is -4.26. The molecule has 1 aliphatic rings. The first kappa shape index (κ1) is 21.6. The Labute approximate surface area is 197 Å². The molecule has 0 atom stereocenters. The van der Waals surface area contributed by atoms with Crippen molar-refractivity contribution in [3.05, 3.63) is 102 Å². The number of para-hydroxylation sites is 1. The van der Waals surface area contributed by atoms with E-state index in [9.17, 15) is 9.59 Å². The maximum absolute atomic E-state index is 12.7. The SMILES string of the molecule is O=C(Nc1ccccc1)c1ccc(-c2noc(C3CCN(C(=O)c4ccccc4)CC3)n2)cc1. The zero-order chi connectivity index (χ0) is 23.3. The van der Waals surface area contributed by atoms with Crippen molar-refractivity contribution in [2.45, 2.75) is 18.8 Å². The van der Waals surface area contributed by atoms with Gasteiger partial charge in [0.25, 0.3) is 11.8 Å². The summed E-state index contributed by atoms with van der Waals surface area (Å²) in [5, 5.41) is 7.01. The summed E-state index contributed by atoms with van der Waals surface area (Å²) in [5.74, 6) is 1.09. The summed E-state index contributed by atoms with van der Waals surface area (Å²) in [6.07, 6.45) is 1.55. The quantitative estimate of drug-likeness (QED) is 0.460. The molecule has 2 heterocycles. The van der Waals surface area contributed by atoms with Gasteiger partial charge in [-0.2, -0.15) is 4.98 Å². The van der Waals surface area contributed by atoms with E-state index in [1.807, 2.05) is 77.7 Å². The van der Waals surface area contributed by atoms with Crippen LogP contribution in [0.15, 0.2) is 89.5 Å². The number of likely N-dealkylation sites (tertiary alicyclic amines) is 1. The first-order chi connectivity index (χ1) is 16.7. The van der Waals surface area contributed by atoms with Crippen LogP contribution in [-0.2, 0) is 0 Å². The van der Waals surface area contributed by atoms with Crippen molar-refractivity contribution in [3.63, 3.8) is 0 Å². The van der Waals surface area contributed by atoms with Crippen LogP contribution in [0, 0.1) is 0 Å². The van der Waals surface area contributed by atoms with Gasteiger partial charge in [0.15, 0.2) is 0 Å². The number of benzene rings is 3. The number of anilines is 1. The lowest BCUT2D eigenvalue weighted by atomic mass is 9.96. The van der Waals surface area contributed by atoms with Crippen LogP contribution in [0.25, 0.3) is 11.4 Å². The molecule has 0 unspecified atom stereocenters. The van der Waals surface area contributed by atoms with Crippen LogP contribution in [0.3, 0.4) is 0 Å². The minimum atomic E-state index is -0.177. The Bertz CT molecular complexity index is 1260. The number of nitrogens with zero attached hydrogens (tertiary/aromatic N) is 3. The number of nitrogens with one attached hydrogen (secondary N) is 1. The second-order valence-electron chi connectivity index (χ2n) is 8.29. The van der Waals surface area contributed by atoms with Crippen molar-refractivity contribution in [2.75, 3.05) is 18.4 Å². The van der Waals surface area contributed by atoms with Crippen molar-refractivity contribution < 1.29 is 14.1 Å².